The highest BCUT2D eigenvalue weighted by atomic mass is 32.1. The number of ether oxygens (including phenoxy) is 1. The lowest BCUT2D eigenvalue weighted by Gasteiger charge is -2.31. The van der Waals surface area contributed by atoms with E-state index in [2.05, 4.69) is 30.4 Å². The second-order valence-corrected chi connectivity index (χ2v) is 10.2. The topological polar surface area (TPSA) is 71.5 Å². The Morgan fingerprint density at radius 3 is 2.53 bits per heavy atom. The molecule has 184 valence electrons. The summed E-state index contributed by atoms with van der Waals surface area (Å²) in [7, 11) is 0. The standard InChI is InChI=1S/C29H29N3O3S/c1-20-7-12-25-26(19-20)36-29(31-25)22-8-10-23(11-9-22)30-28(34)21-13-16-32(17-14-21)27(33)15-18-35-24-5-3-2-4-6-24/h2-12,19,21H,13-18H2,1H3,(H,30,34). The number of hydrogen-bond acceptors (Lipinski definition) is 5. The van der Waals surface area contributed by atoms with Gasteiger partial charge in [-0.15, -0.1) is 11.3 Å². The normalized spacial score (nSPS) is 14.1. The molecule has 4 aromatic rings. The lowest BCUT2D eigenvalue weighted by Crippen LogP contribution is -2.41. The van der Waals surface area contributed by atoms with E-state index in [1.807, 2.05) is 59.5 Å². The Morgan fingerprint density at radius 2 is 1.78 bits per heavy atom. The number of piperidine rings is 1. The average Bonchev–Trinajstić information content (AvgIpc) is 3.33. The quantitative estimate of drug-likeness (QED) is 0.343. The van der Waals surface area contributed by atoms with Gasteiger partial charge in [-0.05, 0) is 73.9 Å². The summed E-state index contributed by atoms with van der Waals surface area (Å²) in [6, 6.07) is 23.6. The van der Waals surface area contributed by atoms with E-state index in [9.17, 15) is 9.59 Å². The highest BCUT2D eigenvalue weighted by Crippen LogP contribution is 2.31. The number of anilines is 1. The molecule has 7 heteroatoms. The number of likely N-dealkylation sites (tertiary alicyclic amines) is 1. The van der Waals surface area contributed by atoms with E-state index >= 15 is 0 Å². The predicted molar refractivity (Wildman–Crippen MR) is 144 cm³/mol. The zero-order valence-corrected chi connectivity index (χ0v) is 21.1. The van der Waals surface area contributed by atoms with Gasteiger partial charge >= 0.3 is 0 Å². The highest BCUT2D eigenvalue weighted by Gasteiger charge is 2.27. The fourth-order valence-corrected chi connectivity index (χ4v) is 5.49. The Bertz CT molecular complexity index is 1340. The molecule has 0 bridgehead atoms. The minimum atomic E-state index is -0.0956. The lowest BCUT2D eigenvalue weighted by atomic mass is 9.95. The van der Waals surface area contributed by atoms with Crippen molar-refractivity contribution >= 4 is 39.1 Å². The second-order valence-electron chi connectivity index (χ2n) is 9.12. The molecule has 1 aliphatic rings. The number of benzene rings is 3. The molecule has 36 heavy (non-hydrogen) atoms. The van der Waals surface area contributed by atoms with Crippen LogP contribution >= 0.6 is 11.3 Å². The number of carbonyl (C=O) groups excluding carboxylic acids is 2. The van der Waals surface area contributed by atoms with E-state index < -0.39 is 0 Å². The van der Waals surface area contributed by atoms with Gasteiger partial charge in [-0.2, -0.15) is 0 Å². The monoisotopic (exact) mass is 499 g/mol. The molecular formula is C29H29N3O3S. The van der Waals surface area contributed by atoms with Crippen LogP contribution in [0, 0.1) is 12.8 Å². The van der Waals surface area contributed by atoms with E-state index in [0.717, 1.165) is 27.5 Å². The summed E-state index contributed by atoms with van der Waals surface area (Å²) in [6.07, 6.45) is 1.67. The van der Waals surface area contributed by atoms with Crippen LogP contribution in [0.25, 0.3) is 20.8 Å². The molecule has 0 unspecified atom stereocenters. The molecule has 0 spiro atoms. The summed E-state index contributed by atoms with van der Waals surface area (Å²) in [5.41, 5.74) is 4.04. The maximum atomic E-state index is 12.8. The van der Waals surface area contributed by atoms with E-state index in [1.54, 1.807) is 11.3 Å². The van der Waals surface area contributed by atoms with Crippen LogP contribution < -0.4 is 10.1 Å². The third-order valence-corrected chi connectivity index (χ3v) is 7.56. The largest absolute Gasteiger partial charge is 0.493 e. The Balaban J connectivity index is 1.09. The van der Waals surface area contributed by atoms with Crippen LogP contribution in [-0.4, -0.2) is 41.4 Å². The van der Waals surface area contributed by atoms with E-state index in [1.165, 1.54) is 10.3 Å². The molecule has 0 atom stereocenters. The fourth-order valence-electron chi connectivity index (χ4n) is 4.42. The molecule has 1 fully saturated rings. The van der Waals surface area contributed by atoms with E-state index in [4.69, 9.17) is 9.72 Å². The van der Waals surface area contributed by atoms with Gasteiger partial charge < -0.3 is 15.0 Å². The number of rotatable bonds is 7. The lowest BCUT2D eigenvalue weighted by molar-refractivity contribution is -0.135. The smallest absolute Gasteiger partial charge is 0.227 e. The summed E-state index contributed by atoms with van der Waals surface area (Å²) >= 11 is 1.67. The average molecular weight is 500 g/mol. The van der Waals surface area contributed by atoms with Gasteiger partial charge in [0.15, 0.2) is 0 Å². The first-order valence-electron chi connectivity index (χ1n) is 12.3. The van der Waals surface area contributed by atoms with Crippen molar-refractivity contribution < 1.29 is 14.3 Å². The minimum Gasteiger partial charge on any atom is -0.493 e. The number of para-hydroxylation sites is 1. The zero-order chi connectivity index (χ0) is 24.9. The van der Waals surface area contributed by atoms with Crippen LogP contribution in [0.3, 0.4) is 0 Å². The number of amides is 2. The maximum absolute atomic E-state index is 12.8. The predicted octanol–water partition coefficient (Wildman–Crippen LogP) is 5.92. The first-order chi connectivity index (χ1) is 17.5. The summed E-state index contributed by atoms with van der Waals surface area (Å²) < 4.78 is 6.81. The molecule has 0 aliphatic carbocycles. The third kappa shape index (κ3) is 5.74. The molecule has 1 aliphatic heterocycles. The SMILES string of the molecule is Cc1ccc2nc(-c3ccc(NC(=O)C4CCN(C(=O)CCOc5ccccc5)CC4)cc3)sc2c1. The third-order valence-electron chi connectivity index (χ3n) is 6.49. The number of fused-ring (bicyclic) bond motifs is 1. The van der Waals surface area contributed by atoms with Crippen LogP contribution in [-0.2, 0) is 9.59 Å². The van der Waals surface area contributed by atoms with Crippen LogP contribution in [0.15, 0.2) is 72.8 Å². The zero-order valence-electron chi connectivity index (χ0n) is 20.3. The fraction of sp³-hybridized carbons (Fsp3) is 0.276. The van der Waals surface area contributed by atoms with Crippen LogP contribution in [0.1, 0.15) is 24.8 Å². The molecule has 2 amide bonds. The first-order valence-corrected chi connectivity index (χ1v) is 13.1. The Morgan fingerprint density at radius 1 is 1.03 bits per heavy atom. The number of aryl methyl sites for hydroxylation is 1. The first kappa shape index (κ1) is 24.0. The van der Waals surface area contributed by atoms with E-state index in [0.29, 0.717) is 39.0 Å². The molecular weight excluding hydrogens is 470 g/mol. The number of hydrogen-bond donors (Lipinski definition) is 1. The Hall–Kier alpha value is -3.71. The molecule has 3 aromatic carbocycles. The number of aromatic nitrogens is 1. The Kier molecular flexibility index (Phi) is 7.28. The van der Waals surface area contributed by atoms with Gasteiger partial charge in [-0.3, -0.25) is 9.59 Å². The molecule has 0 saturated carbocycles. The van der Waals surface area contributed by atoms with Crippen LogP contribution in [0.5, 0.6) is 5.75 Å². The van der Waals surface area contributed by atoms with Crippen molar-refractivity contribution in [3.05, 3.63) is 78.4 Å². The Labute approximate surface area is 214 Å². The summed E-state index contributed by atoms with van der Waals surface area (Å²) in [4.78, 5) is 31.9. The maximum Gasteiger partial charge on any atom is 0.227 e. The molecule has 6 nitrogen and oxygen atoms in total. The van der Waals surface area contributed by atoms with Gasteiger partial charge in [0.2, 0.25) is 11.8 Å². The second kappa shape index (κ2) is 10.9. The molecule has 1 saturated heterocycles. The molecule has 1 aromatic heterocycles. The van der Waals surface area contributed by atoms with Gasteiger partial charge in [0.25, 0.3) is 0 Å². The van der Waals surface area contributed by atoms with Crippen molar-refractivity contribution in [2.24, 2.45) is 5.92 Å². The number of carbonyl (C=O) groups is 2. The molecule has 0 radical (unpaired) electrons. The number of nitrogens with one attached hydrogen (secondary N) is 1. The van der Waals surface area contributed by atoms with Crippen molar-refractivity contribution in [2.75, 3.05) is 25.0 Å². The van der Waals surface area contributed by atoms with Crippen molar-refractivity contribution in [3.8, 4) is 16.3 Å². The van der Waals surface area contributed by atoms with Crippen molar-refractivity contribution in [1.29, 1.82) is 0 Å². The summed E-state index contributed by atoms with van der Waals surface area (Å²) in [5, 5.41) is 4.01. The number of thiazole rings is 1. The highest BCUT2D eigenvalue weighted by molar-refractivity contribution is 7.21. The van der Waals surface area contributed by atoms with Crippen molar-refractivity contribution in [1.82, 2.24) is 9.88 Å². The molecule has 5 rings (SSSR count). The van der Waals surface area contributed by atoms with Gasteiger partial charge in [0, 0.05) is 30.3 Å². The van der Waals surface area contributed by atoms with Gasteiger partial charge in [-0.1, -0.05) is 24.3 Å². The van der Waals surface area contributed by atoms with Crippen LogP contribution in [0.2, 0.25) is 0 Å². The number of nitrogens with zero attached hydrogens (tertiary/aromatic N) is 2. The van der Waals surface area contributed by atoms with E-state index in [-0.39, 0.29) is 17.7 Å². The van der Waals surface area contributed by atoms with Gasteiger partial charge in [0.1, 0.15) is 10.8 Å². The van der Waals surface area contributed by atoms with Crippen molar-refractivity contribution in [3.63, 3.8) is 0 Å². The summed E-state index contributed by atoms with van der Waals surface area (Å²) in [5.74, 6) is 0.758. The van der Waals surface area contributed by atoms with Crippen LogP contribution in [0.4, 0.5) is 5.69 Å². The van der Waals surface area contributed by atoms with Crippen molar-refractivity contribution in [2.45, 2.75) is 26.2 Å². The molecule has 2 heterocycles. The summed E-state index contributed by atoms with van der Waals surface area (Å²) in [6.45, 7) is 3.63. The minimum absolute atomic E-state index is 0.0118. The molecule has 1 N–H and O–H groups in total. The van der Waals surface area contributed by atoms with Gasteiger partial charge in [0.05, 0.1) is 23.2 Å². The van der Waals surface area contributed by atoms with Gasteiger partial charge in [-0.25, -0.2) is 4.98 Å².